The summed E-state index contributed by atoms with van der Waals surface area (Å²) in [5.41, 5.74) is 0.956. The number of fused-ring (bicyclic) bond motifs is 1. The molecule has 0 bridgehead atoms. The van der Waals surface area contributed by atoms with Crippen LogP contribution in [-0.4, -0.2) is 67.1 Å². The van der Waals surface area contributed by atoms with Crippen molar-refractivity contribution in [3.05, 3.63) is 66.5 Å². The third-order valence-electron chi connectivity index (χ3n) is 5.01. The molecule has 2 aromatic carbocycles. The molecule has 0 spiro atoms. The van der Waals surface area contributed by atoms with Crippen LogP contribution < -0.4 is 0 Å². The molecule has 0 amide bonds. The maximum atomic E-state index is 12.9. The van der Waals surface area contributed by atoms with Gasteiger partial charge in [0.1, 0.15) is 0 Å². The highest BCUT2D eigenvalue weighted by molar-refractivity contribution is 7.89. The molecule has 172 valence electrons. The first kappa shape index (κ1) is 24.2. The molecule has 0 unspecified atom stereocenters. The van der Waals surface area contributed by atoms with Gasteiger partial charge in [-0.05, 0) is 37.6 Å². The van der Waals surface area contributed by atoms with Crippen molar-refractivity contribution >= 4 is 30.9 Å². The Hall–Kier alpha value is -2.41. The molecule has 0 atom stereocenters. The van der Waals surface area contributed by atoms with E-state index in [9.17, 15) is 22.0 Å². The molecule has 32 heavy (non-hydrogen) atoms. The van der Waals surface area contributed by atoms with Crippen LogP contribution in [0.3, 0.4) is 0 Å². The summed E-state index contributed by atoms with van der Waals surface area (Å²) >= 11 is 0. The topological polar surface area (TPSA) is 128 Å². The minimum Gasteiger partial charge on any atom is -0.314 e. The standard InChI is InChI=1S/C14H17N3O3S.C7H8O3S/c18-16-7-2-8-17(10-9-16)21(19,20)14-4-1-3-12-11-15-6-5-13(12)14;1-6-2-4-7(5-3-6)11(8,9)10/h1,3-6,11,18H,2,7-10H2;2-5H,1H3,(H,8,9,10). The third kappa shape index (κ3) is 5.88. The Morgan fingerprint density at radius 2 is 1.62 bits per heavy atom. The van der Waals surface area contributed by atoms with E-state index in [1.165, 1.54) is 21.5 Å². The molecular weight excluding hydrogens is 454 g/mol. The number of sulfonamides is 1. The highest BCUT2D eigenvalue weighted by atomic mass is 32.2. The lowest BCUT2D eigenvalue weighted by atomic mass is 10.2. The quantitative estimate of drug-likeness (QED) is 0.549. The van der Waals surface area contributed by atoms with Crippen molar-refractivity contribution in [2.45, 2.75) is 23.1 Å². The highest BCUT2D eigenvalue weighted by Gasteiger charge is 2.27. The Bertz CT molecular complexity index is 1270. The van der Waals surface area contributed by atoms with Crippen LogP contribution >= 0.6 is 0 Å². The molecule has 1 fully saturated rings. The molecule has 9 nitrogen and oxygen atoms in total. The second-order valence-electron chi connectivity index (χ2n) is 7.35. The smallest absolute Gasteiger partial charge is 0.294 e. The molecule has 11 heteroatoms. The zero-order valence-electron chi connectivity index (χ0n) is 17.5. The van der Waals surface area contributed by atoms with Crippen molar-refractivity contribution in [2.24, 2.45) is 0 Å². The number of nitrogens with zero attached hydrogens (tertiary/aromatic N) is 3. The lowest BCUT2D eigenvalue weighted by Crippen LogP contribution is -2.34. The van der Waals surface area contributed by atoms with Gasteiger partial charge >= 0.3 is 0 Å². The Balaban J connectivity index is 0.000000222. The van der Waals surface area contributed by atoms with Crippen LogP contribution in [0.2, 0.25) is 0 Å². The molecule has 0 saturated carbocycles. The Kier molecular flexibility index (Phi) is 7.59. The SMILES string of the molecule is Cc1ccc(S(=O)(=O)O)cc1.O=S(=O)(c1cccc2cnccc12)N1CCCN(O)CC1. The zero-order chi connectivity index (χ0) is 23.4. The molecular formula is C21H25N3O6S2. The van der Waals surface area contributed by atoms with Crippen LogP contribution in [0.1, 0.15) is 12.0 Å². The van der Waals surface area contributed by atoms with Crippen LogP contribution in [-0.2, 0) is 20.1 Å². The normalized spacial score (nSPS) is 16.2. The minimum atomic E-state index is -4.02. The van der Waals surface area contributed by atoms with E-state index in [4.69, 9.17) is 4.55 Å². The molecule has 4 rings (SSSR count). The van der Waals surface area contributed by atoms with E-state index >= 15 is 0 Å². The fourth-order valence-corrected chi connectivity index (χ4v) is 5.45. The average molecular weight is 480 g/mol. The Morgan fingerprint density at radius 1 is 0.906 bits per heavy atom. The van der Waals surface area contributed by atoms with Gasteiger partial charge in [0.25, 0.3) is 10.1 Å². The molecule has 0 radical (unpaired) electrons. The van der Waals surface area contributed by atoms with Gasteiger partial charge in [0.2, 0.25) is 10.0 Å². The number of benzene rings is 2. The van der Waals surface area contributed by atoms with Crippen molar-refractivity contribution < 1.29 is 26.6 Å². The van der Waals surface area contributed by atoms with Gasteiger partial charge in [0, 0.05) is 49.3 Å². The Morgan fingerprint density at radius 3 is 2.31 bits per heavy atom. The van der Waals surface area contributed by atoms with E-state index in [1.807, 2.05) is 13.0 Å². The molecule has 2 heterocycles. The maximum Gasteiger partial charge on any atom is 0.294 e. The largest absolute Gasteiger partial charge is 0.314 e. The highest BCUT2D eigenvalue weighted by Crippen LogP contribution is 2.25. The third-order valence-corrected chi connectivity index (χ3v) is 7.83. The summed E-state index contributed by atoms with van der Waals surface area (Å²) < 4.78 is 56.7. The lowest BCUT2D eigenvalue weighted by molar-refractivity contribution is -0.0854. The summed E-state index contributed by atoms with van der Waals surface area (Å²) in [6.45, 7) is 3.37. The number of hydroxylamine groups is 2. The fourth-order valence-electron chi connectivity index (χ4n) is 3.29. The zero-order valence-corrected chi connectivity index (χ0v) is 19.1. The molecule has 1 aliphatic rings. The molecule has 1 aromatic heterocycles. The average Bonchev–Trinajstić information content (AvgIpc) is 2.98. The summed E-state index contributed by atoms with van der Waals surface area (Å²) in [5.74, 6) is 0. The van der Waals surface area contributed by atoms with E-state index in [2.05, 4.69) is 4.98 Å². The van der Waals surface area contributed by atoms with Gasteiger partial charge in [0.05, 0.1) is 9.79 Å². The van der Waals surface area contributed by atoms with E-state index in [1.54, 1.807) is 42.7 Å². The number of hydrogen-bond donors (Lipinski definition) is 2. The summed E-state index contributed by atoms with van der Waals surface area (Å²) in [5, 5.41) is 12.2. The number of pyridine rings is 1. The van der Waals surface area contributed by atoms with Crippen LogP contribution in [0.15, 0.2) is 70.7 Å². The van der Waals surface area contributed by atoms with Gasteiger partial charge in [-0.25, -0.2) is 8.42 Å². The van der Waals surface area contributed by atoms with Crippen molar-refractivity contribution in [3.63, 3.8) is 0 Å². The number of aromatic nitrogens is 1. The van der Waals surface area contributed by atoms with Crippen molar-refractivity contribution in [2.75, 3.05) is 26.2 Å². The van der Waals surface area contributed by atoms with Gasteiger partial charge < -0.3 is 5.21 Å². The maximum absolute atomic E-state index is 12.9. The summed E-state index contributed by atoms with van der Waals surface area (Å²) in [7, 11) is -7.59. The van der Waals surface area contributed by atoms with Crippen LogP contribution in [0.25, 0.3) is 10.8 Å². The molecule has 1 aliphatic heterocycles. The summed E-state index contributed by atoms with van der Waals surface area (Å²) in [4.78, 5) is 4.26. The number of rotatable bonds is 3. The van der Waals surface area contributed by atoms with Crippen molar-refractivity contribution in [3.8, 4) is 0 Å². The molecule has 3 aromatic rings. The van der Waals surface area contributed by atoms with Gasteiger partial charge in [-0.15, -0.1) is 0 Å². The fraction of sp³-hybridized carbons (Fsp3) is 0.286. The minimum absolute atomic E-state index is 0.0666. The van der Waals surface area contributed by atoms with E-state index < -0.39 is 20.1 Å². The van der Waals surface area contributed by atoms with E-state index in [-0.39, 0.29) is 4.90 Å². The number of hydrogen-bond acceptors (Lipinski definition) is 7. The van der Waals surface area contributed by atoms with E-state index in [0.29, 0.717) is 42.9 Å². The van der Waals surface area contributed by atoms with Gasteiger partial charge in [0.15, 0.2) is 0 Å². The first-order valence-corrected chi connectivity index (χ1v) is 12.8. The van der Waals surface area contributed by atoms with Gasteiger partial charge in [-0.3, -0.25) is 9.54 Å². The van der Waals surface area contributed by atoms with Gasteiger partial charge in [-0.2, -0.15) is 17.8 Å². The molecule has 0 aliphatic carbocycles. The predicted molar refractivity (Wildman–Crippen MR) is 119 cm³/mol. The van der Waals surface area contributed by atoms with Gasteiger partial charge in [-0.1, -0.05) is 29.8 Å². The first-order chi connectivity index (χ1) is 15.1. The molecule has 2 N–H and O–H groups in total. The van der Waals surface area contributed by atoms with Crippen LogP contribution in [0.5, 0.6) is 0 Å². The summed E-state index contributed by atoms with van der Waals surface area (Å²) in [6, 6.07) is 12.9. The predicted octanol–water partition coefficient (Wildman–Crippen LogP) is 2.56. The molecule has 1 saturated heterocycles. The van der Waals surface area contributed by atoms with Crippen LogP contribution in [0, 0.1) is 6.92 Å². The monoisotopic (exact) mass is 479 g/mol. The second kappa shape index (κ2) is 10.0. The van der Waals surface area contributed by atoms with E-state index in [0.717, 1.165) is 10.9 Å². The summed E-state index contributed by atoms with van der Waals surface area (Å²) in [6.07, 6.45) is 3.87. The first-order valence-electron chi connectivity index (χ1n) is 9.90. The second-order valence-corrected chi connectivity index (χ2v) is 10.7. The Labute approximate surface area is 187 Å². The lowest BCUT2D eigenvalue weighted by Gasteiger charge is -2.20. The van der Waals surface area contributed by atoms with Crippen LogP contribution in [0.4, 0.5) is 0 Å². The number of aryl methyl sites for hydroxylation is 1. The van der Waals surface area contributed by atoms with Crippen molar-refractivity contribution in [1.29, 1.82) is 0 Å². The van der Waals surface area contributed by atoms with Crippen molar-refractivity contribution in [1.82, 2.24) is 14.4 Å².